The maximum atomic E-state index is 9.14. The summed E-state index contributed by atoms with van der Waals surface area (Å²) in [6, 6.07) is 7.14. The lowest BCUT2D eigenvalue weighted by atomic mass is 9.61. The van der Waals surface area contributed by atoms with E-state index in [0.29, 0.717) is 5.92 Å². The number of hydrogen-bond acceptors (Lipinski definition) is 4. The zero-order valence-electron chi connectivity index (χ0n) is 19.2. The molecule has 2 unspecified atom stereocenters. The SMILES string of the molecule is CCC1(C)CCC(C)(C)c2ccc(-c3csc(C4CCCN(CCCO)C4)n3)cc21. The Kier molecular flexibility index (Phi) is 6.39. The monoisotopic (exact) mass is 426 g/mol. The summed E-state index contributed by atoms with van der Waals surface area (Å²) in [6.07, 6.45) is 7.05. The smallest absolute Gasteiger partial charge is 0.0976 e. The third-order valence-electron chi connectivity index (χ3n) is 7.79. The Hall–Kier alpha value is -1.23. The summed E-state index contributed by atoms with van der Waals surface area (Å²) in [7, 11) is 0. The summed E-state index contributed by atoms with van der Waals surface area (Å²) >= 11 is 1.83. The first kappa shape index (κ1) is 22.0. The van der Waals surface area contributed by atoms with E-state index in [-0.39, 0.29) is 17.4 Å². The second kappa shape index (κ2) is 8.72. The lowest BCUT2D eigenvalue weighted by Gasteiger charge is -2.43. The van der Waals surface area contributed by atoms with E-state index in [1.165, 1.54) is 48.2 Å². The molecule has 1 N–H and O–H groups in total. The molecule has 0 bridgehead atoms. The van der Waals surface area contributed by atoms with Gasteiger partial charge in [0, 0.05) is 36.6 Å². The fraction of sp³-hybridized carbons (Fsp3) is 0.654. The van der Waals surface area contributed by atoms with Crippen LogP contribution >= 0.6 is 11.3 Å². The van der Waals surface area contributed by atoms with Crippen molar-refractivity contribution in [3.8, 4) is 11.3 Å². The van der Waals surface area contributed by atoms with Crippen molar-refractivity contribution in [2.24, 2.45) is 0 Å². The Balaban J connectivity index is 1.59. The van der Waals surface area contributed by atoms with Gasteiger partial charge in [-0.3, -0.25) is 0 Å². The van der Waals surface area contributed by atoms with Gasteiger partial charge in [0.25, 0.3) is 0 Å². The molecule has 0 amide bonds. The van der Waals surface area contributed by atoms with Crippen LogP contribution < -0.4 is 0 Å². The predicted octanol–water partition coefficient (Wildman–Crippen LogP) is 6.11. The van der Waals surface area contributed by atoms with Crippen LogP contribution in [0, 0.1) is 0 Å². The highest BCUT2D eigenvalue weighted by atomic mass is 32.1. The van der Waals surface area contributed by atoms with E-state index in [4.69, 9.17) is 10.1 Å². The molecule has 2 atom stereocenters. The zero-order valence-corrected chi connectivity index (χ0v) is 20.0. The van der Waals surface area contributed by atoms with Gasteiger partial charge in [0.2, 0.25) is 0 Å². The number of fused-ring (bicyclic) bond motifs is 1. The van der Waals surface area contributed by atoms with Crippen molar-refractivity contribution in [3.63, 3.8) is 0 Å². The van der Waals surface area contributed by atoms with Gasteiger partial charge in [0.15, 0.2) is 0 Å². The fourth-order valence-corrected chi connectivity index (χ4v) is 6.34. The maximum absolute atomic E-state index is 9.14. The van der Waals surface area contributed by atoms with E-state index in [1.807, 2.05) is 11.3 Å². The molecule has 4 rings (SSSR count). The van der Waals surface area contributed by atoms with Gasteiger partial charge >= 0.3 is 0 Å². The summed E-state index contributed by atoms with van der Waals surface area (Å²) in [5, 5.41) is 12.7. The third-order valence-corrected chi connectivity index (χ3v) is 8.79. The molecule has 1 aliphatic carbocycles. The average molecular weight is 427 g/mol. The van der Waals surface area contributed by atoms with Crippen LogP contribution in [0.15, 0.2) is 23.6 Å². The number of benzene rings is 1. The summed E-state index contributed by atoms with van der Waals surface area (Å²) in [5.74, 6) is 0.536. The average Bonchev–Trinajstić information content (AvgIpc) is 3.26. The van der Waals surface area contributed by atoms with Crippen molar-refractivity contribution in [3.05, 3.63) is 39.7 Å². The highest BCUT2D eigenvalue weighted by Gasteiger charge is 2.38. The van der Waals surface area contributed by atoms with Crippen LogP contribution in [0.25, 0.3) is 11.3 Å². The molecule has 30 heavy (non-hydrogen) atoms. The number of hydrogen-bond donors (Lipinski definition) is 1. The first-order valence-electron chi connectivity index (χ1n) is 11.8. The standard InChI is InChI=1S/C26H38N2OS/c1-5-26(4)12-11-25(2,3)21-10-9-19(16-22(21)26)23-18-30-24(27-23)20-8-6-13-28(17-20)14-7-15-29/h9-10,16,18,20,29H,5-8,11-15,17H2,1-4H3. The van der Waals surface area contributed by atoms with Crippen LogP contribution in [0.5, 0.6) is 0 Å². The van der Waals surface area contributed by atoms with Gasteiger partial charge in [-0.05, 0) is 73.1 Å². The molecule has 164 valence electrons. The molecular formula is C26H38N2OS. The molecule has 1 saturated heterocycles. The molecular weight excluding hydrogens is 388 g/mol. The van der Waals surface area contributed by atoms with Crippen molar-refractivity contribution >= 4 is 11.3 Å². The topological polar surface area (TPSA) is 36.4 Å². The molecule has 4 heteroatoms. The van der Waals surface area contributed by atoms with Crippen LogP contribution in [-0.2, 0) is 10.8 Å². The number of aromatic nitrogens is 1. The highest BCUT2D eigenvalue weighted by molar-refractivity contribution is 7.10. The van der Waals surface area contributed by atoms with Crippen molar-refractivity contribution < 1.29 is 5.11 Å². The first-order valence-corrected chi connectivity index (χ1v) is 12.7. The molecule has 1 fully saturated rings. The molecule has 2 heterocycles. The Morgan fingerprint density at radius 3 is 2.80 bits per heavy atom. The highest BCUT2D eigenvalue weighted by Crippen LogP contribution is 2.48. The zero-order chi connectivity index (χ0) is 21.4. The molecule has 0 radical (unpaired) electrons. The molecule has 0 saturated carbocycles. The van der Waals surface area contributed by atoms with E-state index in [0.717, 1.165) is 31.7 Å². The predicted molar refractivity (Wildman–Crippen MR) is 128 cm³/mol. The number of likely N-dealkylation sites (tertiary alicyclic amines) is 1. The van der Waals surface area contributed by atoms with Crippen molar-refractivity contribution in [1.29, 1.82) is 0 Å². The number of nitrogens with zero attached hydrogens (tertiary/aromatic N) is 2. The van der Waals surface area contributed by atoms with Crippen LogP contribution in [0.2, 0.25) is 0 Å². The summed E-state index contributed by atoms with van der Waals surface area (Å²) < 4.78 is 0. The van der Waals surface area contributed by atoms with Crippen LogP contribution in [0.3, 0.4) is 0 Å². The summed E-state index contributed by atoms with van der Waals surface area (Å²) in [6.45, 7) is 13.1. The molecule has 1 aliphatic heterocycles. The minimum absolute atomic E-state index is 0.260. The minimum atomic E-state index is 0.260. The van der Waals surface area contributed by atoms with E-state index >= 15 is 0 Å². The van der Waals surface area contributed by atoms with E-state index in [1.54, 1.807) is 5.56 Å². The second-order valence-corrected chi connectivity index (χ2v) is 11.2. The van der Waals surface area contributed by atoms with Gasteiger partial charge in [-0.15, -0.1) is 11.3 Å². The van der Waals surface area contributed by atoms with Crippen LogP contribution in [0.4, 0.5) is 0 Å². The Labute approximate surface area is 186 Å². The lowest BCUT2D eigenvalue weighted by Crippen LogP contribution is -2.35. The first-order chi connectivity index (χ1) is 14.4. The third kappa shape index (κ3) is 4.24. The van der Waals surface area contributed by atoms with Crippen molar-refractivity contribution in [2.75, 3.05) is 26.2 Å². The number of thiazole rings is 1. The van der Waals surface area contributed by atoms with Gasteiger partial charge in [-0.1, -0.05) is 39.8 Å². The van der Waals surface area contributed by atoms with Crippen molar-refractivity contribution in [2.45, 2.75) is 83.0 Å². The summed E-state index contributed by atoms with van der Waals surface area (Å²) in [5.41, 5.74) is 6.03. The maximum Gasteiger partial charge on any atom is 0.0976 e. The van der Waals surface area contributed by atoms with Gasteiger partial charge < -0.3 is 10.0 Å². The molecule has 1 aromatic heterocycles. The van der Waals surface area contributed by atoms with Crippen LogP contribution in [-0.4, -0.2) is 41.2 Å². The Morgan fingerprint density at radius 1 is 1.20 bits per heavy atom. The van der Waals surface area contributed by atoms with Gasteiger partial charge in [0.1, 0.15) is 0 Å². The van der Waals surface area contributed by atoms with Crippen LogP contribution in [0.1, 0.15) is 88.3 Å². The normalized spacial score (nSPS) is 26.5. The minimum Gasteiger partial charge on any atom is -0.396 e. The van der Waals surface area contributed by atoms with Gasteiger partial charge in [0.05, 0.1) is 10.7 Å². The summed E-state index contributed by atoms with van der Waals surface area (Å²) in [4.78, 5) is 7.62. The van der Waals surface area contributed by atoms with E-state index in [2.05, 4.69) is 56.2 Å². The molecule has 2 aliphatic rings. The quantitative estimate of drug-likeness (QED) is 0.605. The molecule has 3 nitrogen and oxygen atoms in total. The number of piperidine rings is 1. The van der Waals surface area contributed by atoms with E-state index in [9.17, 15) is 0 Å². The Bertz CT molecular complexity index is 874. The van der Waals surface area contributed by atoms with Gasteiger partial charge in [-0.2, -0.15) is 0 Å². The van der Waals surface area contributed by atoms with Gasteiger partial charge in [-0.25, -0.2) is 4.98 Å². The molecule has 2 aromatic rings. The fourth-order valence-electron chi connectivity index (χ4n) is 5.38. The molecule has 1 aromatic carbocycles. The number of aliphatic hydroxyl groups excluding tert-OH is 1. The molecule has 0 spiro atoms. The van der Waals surface area contributed by atoms with Crippen molar-refractivity contribution in [1.82, 2.24) is 9.88 Å². The van der Waals surface area contributed by atoms with E-state index < -0.39 is 0 Å². The second-order valence-electron chi connectivity index (χ2n) is 10.3. The number of aliphatic hydroxyl groups is 1. The lowest BCUT2D eigenvalue weighted by molar-refractivity contribution is 0.184. The Morgan fingerprint density at radius 2 is 2.03 bits per heavy atom. The largest absolute Gasteiger partial charge is 0.396 e. The number of rotatable bonds is 6.